The molecule has 0 aliphatic heterocycles. The predicted octanol–water partition coefficient (Wildman–Crippen LogP) is 4.71. The Labute approximate surface area is 124 Å². The molecule has 0 saturated carbocycles. The first-order valence-electron chi connectivity index (χ1n) is 6.64. The Balaban J connectivity index is 2.55. The molecular formula is C17H19ClFN. The molecule has 0 aliphatic rings. The van der Waals surface area contributed by atoms with Crippen LogP contribution < -0.4 is 5.32 Å². The standard InChI is InChI=1S/C17H19ClFN/c1-10-7-11(2)16(12(3)8-10)17(20-4)13-5-6-14(18)15(19)9-13/h5-9,17,20H,1-4H3. The molecule has 0 spiro atoms. The molecule has 2 aromatic carbocycles. The summed E-state index contributed by atoms with van der Waals surface area (Å²) in [6.45, 7) is 6.26. The van der Waals surface area contributed by atoms with Crippen molar-refractivity contribution in [3.63, 3.8) is 0 Å². The molecule has 20 heavy (non-hydrogen) atoms. The van der Waals surface area contributed by atoms with E-state index in [0.717, 1.165) is 5.56 Å². The van der Waals surface area contributed by atoms with Crippen LogP contribution in [0.15, 0.2) is 30.3 Å². The highest BCUT2D eigenvalue weighted by Crippen LogP contribution is 2.30. The fourth-order valence-corrected chi connectivity index (χ4v) is 2.93. The minimum atomic E-state index is -0.383. The Kier molecular flexibility index (Phi) is 4.46. The van der Waals surface area contributed by atoms with Crippen molar-refractivity contribution >= 4 is 11.6 Å². The molecule has 0 aromatic heterocycles. The number of benzene rings is 2. The lowest BCUT2D eigenvalue weighted by molar-refractivity contribution is 0.616. The van der Waals surface area contributed by atoms with E-state index in [-0.39, 0.29) is 16.9 Å². The minimum Gasteiger partial charge on any atom is -0.309 e. The normalized spacial score (nSPS) is 12.5. The third-order valence-electron chi connectivity index (χ3n) is 3.59. The molecule has 2 rings (SSSR count). The van der Waals surface area contributed by atoms with Gasteiger partial charge in [-0.15, -0.1) is 0 Å². The van der Waals surface area contributed by atoms with Crippen LogP contribution in [-0.4, -0.2) is 7.05 Å². The zero-order valence-electron chi connectivity index (χ0n) is 12.2. The van der Waals surface area contributed by atoms with Gasteiger partial charge in [-0.25, -0.2) is 4.39 Å². The Hall–Kier alpha value is -1.38. The highest BCUT2D eigenvalue weighted by Gasteiger charge is 2.18. The van der Waals surface area contributed by atoms with Crippen molar-refractivity contribution in [1.82, 2.24) is 5.32 Å². The molecule has 2 aromatic rings. The lowest BCUT2D eigenvalue weighted by atomic mass is 9.90. The second-order valence-corrected chi connectivity index (χ2v) is 5.61. The summed E-state index contributed by atoms with van der Waals surface area (Å²) in [7, 11) is 1.88. The third-order valence-corrected chi connectivity index (χ3v) is 3.90. The van der Waals surface area contributed by atoms with Crippen molar-refractivity contribution in [3.05, 3.63) is 69.0 Å². The lowest BCUT2D eigenvalue weighted by Crippen LogP contribution is -2.20. The quantitative estimate of drug-likeness (QED) is 0.863. The molecule has 0 aliphatic carbocycles. The van der Waals surface area contributed by atoms with Crippen LogP contribution in [0.25, 0.3) is 0 Å². The molecule has 0 heterocycles. The fourth-order valence-electron chi connectivity index (χ4n) is 2.82. The van der Waals surface area contributed by atoms with Crippen LogP contribution in [0.4, 0.5) is 4.39 Å². The summed E-state index contributed by atoms with van der Waals surface area (Å²) < 4.78 is 13.7. The average molecular weight is 292 g/mol. The van der Waals surface area contributed by atoms with E-state index < -0.39 is 0 Å². The van der Waals surface area contributed by atoms with Gasteiger partial charge in [0, 0.05) is 0 Å². The minimum absolute atomic E-state index is 0.0395. The molecule has 0 saturated heterocycles. The van der Waals surface area contributed by atoms with Crippen molar-refractivity contribution in [2.24, 2.45) is 0 Å². The first kappa shape index (κ1) is 15.0. The van der Waals surface area contributed by atoms with E-state index in [2.05, 4.69) is 38.2 Å². The number of nitrogens with one attached hydrogen (secondary N) is 1. The maximum Gasteiger partial charge on any atom is 0.142 e. The Bertz CT molecular complexity index is 614. The van der Waals surface area contributed by atoms with Gasteiger partial charge in [0.25, 0.3) is 0 Å². The Morgan fingerprint density at radius 1 is 1.05 bits per heavy atom. The topological polar surface area (TPSA) is 12.0 Å². The van der Waals surface area contributed by atoms with E-state index in [1.54, 1.807) is 6.07 Å². The van der Waals surface area contributed by atoms with Gasteiger partial charge >= 0.3 is 0 Å². The largest absolute Gasteiger partial charge is 0.309 e. The summed E-state index contributed by atoms with van der Waals surface area (Å²) in [6.07, 6.45) is 0. The maximum atomic E-state index is 13.7. The van der Waals surface area contributed by atoms with E-state index in [4.69, 9.17) is 11.6 Å². The van der Waals surface area contributed by atoms with E-state index in [1.165, 1.54) is 28.3 Å². The van der Waals surface area contributed by atoms with Gasteiger partial charge in [0.1, 0.15) is 5.82 Å². The summed E-state index contributed by atoms with van der Waals surface area (Å²) in [5.74, 6) is -0.383. The van der Waals surface area contributed by atoms with Gasteiger partial charge in [-0.2, -0.15) is 0 Å². The smallest absolute Gasteiger partial charge is 0.142 e. The Morgan fingerprint density at radius 3 is 2.15 bits per heavy atom. The molecule has 106 valence electrons. The highest BCUT2D eigenvalue weighted by atomic mass is 35.5. The van der Waals surface area contributed by atoms with E-state index in [0.29, 0.717) is 0 Å². The van der Waals surface area contributed by atoms with E-state index in [1.807, 2.05) is 13.1 Å². The number of rotatable bonds is 3. The van der Waals surface area contributed by atoms with Crippen LogP contribution in [0, 0.1) is 26.6 Å². The average Bonchev–Trinajstić information content (AvgIpc) is 2.37. The number of aryl methyl sites for hydroxylation is 3. The van der Waals surface area contributed by atoms with Crippen molar-refractivity contribution in [2.45, 2.75) is 26.8 Å². The summed E-state index contributed by atoms with van der Waals surface area (Å²) >= 11 is 5.76. The van der Waals surface area contributed by atoms with Gasteiger partial charge in [0.05, 0.1) is 11.1 Å². The summed E-state index contributed by atoms with van der Waals surface area (Å²) in [4.78, 5) is 0. The van der Waals surface area contributed by atoms with Gasteiger partial charge < -0.3 is 5.32 Å². The maximum absolute atomic E-state index is 13.7. The monoisotopic (exact) mass is 291 g/mol. The van der Waals surface area contributed by atoms with Crippen LogP contribution >= 0.6 is 11.6 Å². The first-order chi connectivity index (χ1) is 9.43. The van der Waals surface area contributed by atoms with Crippen LogP contribution in [0.3, 0.4) is 0 Å². The molecule has 0 bridgehead atoms. The molecule has 0 fully saturated rings. The second kappa shape index (κ2) is 5.94. The van der Waals surface area contributed by atoms with E-state index >= 15 is 0 Å². The lowest BCUT2D eigenvalue weighted by Gasteiger charge is -2.22. The van der Waals surface area contributed by atoms with Gasteiger partial charge in [-0.1, -0.05) is 35.4 Å². The van der Waals surface area contributed by atoms with Gasteiger partial charge in [0.15, 0.2) is 0 Å². The van der Waals surface area contributed by atoms with Gasteiger partial charge in [-0.3, -0.25) is 0 Å². The Morgan fingerprint density at radius 2 is 1.65 bits per heavy atom. The molecule has 0 radical (unpaired) electrons. The summed E-state index contributed by atoms with van der Waals surface area (Å²) in [5, 5.41) is 3.43. The fraction of sp³-hybridized carbons (Fsp3) is 0.294. The summed E-state index contributed by atoms with van der Waals surface area (Å²) in [6, 6.07) is 9.24. The molecule has 1 unspecified atom stereocenters. The van der Waals surface area contributed by atoms with Crippen LogP contribution in [0.2, 0.25) is 5.02 Å². The van der Waals surface area contributed by atoms with Gasteiger partial charge in [0.2, 0.25) is 0 Å². The molecular weight excluding hydrogens is 273 g/mol. The molecule has 1 atom stereocenters. The van der Waals surface area contributed by atoms with Gasteiger partial charge in [-0.05, 0) is 62.2 Å². The second-order valence-electron chi connectivity index (χ2n) is 5.21. The third kappa shape index (κ3) is 2.87. The zero-order valence-corrected chi connectivity index (χ0v) is 13.0. The van der Waals surface area contributed by atoms with Crippen LogP contribution in [0.1, 0.15) is 33.9 Å². The molecule has 3 heteroatoms. The van der Waals surface area contributed by atoms with Crippen molar-refractivity contribution in [2.75, 3.05) is 7.05 Å². The number of hydrogen-bond acceptors (Lipinski definition) is 1. The molecule has 0 amide bonds. The highest BCUT2D eigenvalue weighted by molar-refractivity contribution is 6.30. The van der Waals surface area contributed by atoms with E-state index in [9.17, 15) is 4.39 Å². The zero-order chi connectivity index (χ0) is 14.9. The van der Waals surface area contributed by atoms with Crippen molar-refractivity contribution in [3.8, 4) is 0 Å². The van der Waals surface area contributed by atoms with Crippen LogP contribution in [0.5, 0.6) is 0 Å². The molecule has 1 N–H and O–H groups in total. The summed E-state index contributed by atoms with van der Waals surface area (Å²) in [5.41, 5.74) is 5.72. The first-order valence-corrected chi connectivity index (χ1v) is 7.01. The SMILES string of the molecule is CNC(c1ccc(Cl)c(F)c1)c1c(C)cc(C)cc1C. The number of halogens is 2. The molecule has 1 nitrogen and oxygen atoms in total. The predicted molar refractivity (Wildman–Crippen MR) is 83.0 cm³/mol. The number of hydrogen-bond donors (Lipinski definition) is 1. The van der Waals surface area contributed by atoms with Crippen LogP contribution in [-0.2, 0) is 0 Å². The van der Waals surface area contributed by atoms with Crippen molar-refractivity contribution < 1.29 is 4.39 Å². The van der Waals surface area contributed by atoms with Crippen molar-refractivity contribution in [1.29, 1.82) is 0 Å².